The number of nitrogens with zero attached hydrogens (tertiary/aromatic N) is 2. The van der Waals surface area contributed by atoms with E-state index in [2.05, 4.69) is 5.10 Å². The monoisotopic (exact) mass is 235 g/mol. The molecule has 0 unspecified atom stereocenters. The predicted octanol–water partition coefficient (Wildman–Crippen LogP) is 1.57. The topological polar surface area (TPSA) is 54.1 Å². The van der Waals surface area contributed by atoms with Crippen LogP contribution < -0.4 is 4.68 Å². The summed E-state index contributed by atoms with van der Waals surface area (Å²) in [5, 5.41) is 14.7. The smallest absolute Gasteiger partial charge is 0.309 e. The molecular formula is C11H11N2O2S+. The highest BCUT2D eigenvalue weighted by Gasteiger charge is 2.07. The van der Waals surface area contributed by atoms with Crippen LogP contribution in [0.5, 0.6) is 0 Å². The summed E-state index contributed by atoms with van der Waals surface area (Å²) in [5.41, 5.74) is 1.06. The first-order valence-corrected chi connectivity index (χ1v) is 5.75. The summed E-state index contributed by atoms with van der Waals surface area (Å²) in [6, 6.07) is 5.97. The Kier molecular flexibility index (Phi) is 3.26. The van der Waals surface area contributed by atoms with Gasteiger partial charge in [0.05, 0.1) is 0 Å². The van der Waals surface area contributed by atoms with E-state index in [0.29, 0.717) is 6.54 Å². The highest BCUT2D eigenvalue weighted by molar-refractivity contribution is 7.13. The number of hydrogen-bond acceptors (Lipinski definition) is 3. The minimum Gasteiger partial charge on any atom is -0.481 e. The van der Waals surface area contributed by atoms with E-state index < -0.39 is 5.97 Å². The van der Waals surface area contributed by atoms with E-state index in [0.717, 1.165) is 10.4 Å². The van der Waals surface area contributed by atoms with Gasteiger partial charge >= 0.3 is 5.97 Å². The minimum absolute atomic E-state index is 0.0933. The average molecular weight is 235 g/mol. The summed E-state index contributed by atoms with van der Waals surface area (Å²) in [7, 11) is 0. The summed E-state index contributed by atoms with van der Waals surface area (Å²) < 4.78 is 1.63. The van der Waals surface area contributed by atoms with Crippen LogP contribution in [0.15, 0.2) is 36.0 Å². The van der Waals surface area contributed by atoms with Crippen molar-refractivity contribution in [3.05, 3.63) is 36.0 Å². The number of carboxylic acids is 1. The number of aryl methyl sites for hydroxylation is 1. The van der Waals surface area contributed by atoms with Crippen LogP contribution in [0.4, 0.5) is 0 Å². The first-order chi connectivity index (χ1) is 7.75. The normalized spacial score (nSPS) is 10.2. The molecule has 0 aromatic carbocycles. The third kappa shape index (κ3) is 2.64. The molecule has 16 heavy (non-hydrogen) atoms. The third-order valence-electron chi connectivity index (χ3n) is 2.13. The van der Waals surface area contributed by atoms with E-state index in [1.54, 1.807) is 28.4 Å². The summed E-state index contributed by atoms with van der Waals surface area (Å²) in [6.45, 7) is 0.403. The van der Waals surface area contributed by atoms with Crippen LogP contribution in [0.3, 0.4) is 0 Å². The lowest BCUT2D eigenvalue weighted by Gasteiger charge is -1.95. The van der Waals surface area contributed by atoms with Gasteiger partial charge in [-0.2, -0.15) is 0 Å². The van der Waals surface area contributed by atoms with Gasteiger partial charge in [-0.15, -0.1) is 11.3 Å². The van der Waals surface area contributed by atoms with Crippen molar-refractivity contribution in [1.29, 1.82) is 0 Å². The molecular weight excluding hydrogens is 224 g/mol. The number of carbonyl (C=O) groups is 1. The Morgan fingerprint density at radius 3 is 2.94 bits per heavy atom. The highest BCUT2D eigenvalue weighted by atomic mass is 32.1. The van der Waals surface area contributed by atoms with Crippen LogP contribution in [0.2, 0.25) is 0 Å². The average Bonchev–Trinajstić information content (AvgIpc) is 2.80. The fraction of sp³-hybridized carbons (Fsp3) is 0.182. The van der Waals surface area contributed by atoms with Gasteiger partial charge in [0.15, 0.2) is 12.7 Å². The van der Waals surface area contributed by atoms with E-state index in [1.165, 1.54) is 0 Å². The van der Waals surface area contributed by atoms with Gasteiger partial charge in [0.1, 0.15) is 12.6 Å². The molecule has 0 aliphatic heterocycles. The lowest BCUT2D eigenvalue weighted by molar-refractivity contribution is -0.752. The van der Waals surface area contributed by atoms with Crippen LogP contribution in [0, 0.1) is 0 Å². The van der Waals surface area contributed by atoms with Gasteiger partial charge in [-0.25, -0.2) is 0 Å². The van der Waals surface area contributed by atoms with Crippen LogP contribution >= 0.6 is 11.3 Å². The Labute approximate surface area is 96.8 Å². The van der Waals surface area contributed by atoms with Crippen LogP contribution in [-0.2, 0) is 11.3 Å². The van der Waals surface area contributed by atoms with Crippen LogP contribution in [-0.4, -0.2) is 16.2 Å². The Bertz CT molecular complexity index is 465. The van der Waals surface area contributed by atoms with E-state index in [9.17, 15) is 4.79 Å². The number of thiophene rings is 1. The van der Waals surface area contributed by atoms with Gasteiger partial charge < -0.3 is 5.11 Å². The molecule has 0 spiro atoms. The quantitative estimate of drug-likeness (QED) is 0.818. The fourth-order valence-corrected chi connectivity index (χ4v) is 2.03. The zero-order valence-electron chi connectivity index (χ0n) is 8.54. The van der Waals surface area contributed by atoms with Crippen LogP contribution in [0.1, 0.15) is 6.42 Å². The molecule has 0 aliphatic rings. The van der Waals surface area contributed by atoms with E-state index in [4.69, 9.17) is 5.11 Å². The van der Waals surface area contributed by atoms with Gasteiger partial charge in [0, 0.05) is 16.5 Å². The zero-order valence-corrected chi connectivity index (χ0v) is 9.35. The molecule has 0 radical (unpaired) electrons. The summed E-state index contributed by atoms with van der Waals surface area (Å²) in [4.78, 5) is 11.6. The predicted molar refractivity (Wildman–Crippen MR) is 60.0 cm³/mol. The molecule has 2 heterocycles. The van der Waals surface area contributed by atoms with E-state index in [1.807, 2.05) is 23.6 Å². The number of rotatable bonds is 4. The first kappa shape index (κ1) is 10.8. The van der Waals surface area contributed by atoms with Crippen molar-refractivity contribution in [2.75, 3.05) is 0 Å². The third-order valence-corrected chi connectivity index (χ3v) is 3.05. The molecule has 0 saturated heterocycles. The molecule has 0 amide bonds. The van der Waals surface area contributed by atoms with Crippen molar-refractivity contribution in [2.24, 2.45) is 0 Å². The molecule has 1 N–H and O–H groups in total. The highest BCUT2D eigenvalue weighted by Crippen LogP contribution is 2.22. The standard InChI is InChI=1S/C11H10N2O2S/c14-11(15)4-6-13-5-3-9(8-12-13)10-2-1-7-16-10/h1-3,5,7-8H,4,6H2/p+1. The van der Waals surface area contributed by atoms with Crippen LogP contribution in [0.25, 0.3) is 10.4 Å². The molecule has 2 rings (SSSR count). The van der Waals surface area contributed by atoms with Gasteiger partial charge in [-0.3, -0.25) is 4.79 Å². The Balaban J connectivity index is 2.08. The largest absolute Gasteiger partial charge is 0.481 e. The van der Waals surface area contributed by atoms with E-state index in [-0.39, 0.29) is 6.42 Å². The van der Waals surface area contributed by atoms with Gasteiger partial charge in [0.25, 0.3) is 0 Å². The molecule has 0 aliphatic carbocycles. The number of carboxylic acid groups (broad SMARTS) is 1. The molecule has 4 nitrogen and oxygen atoms in total. The second-order valence-corrected chi connectivity index (χ2v) is 4.25. The van der Waals surface area contributed by atoms with Crippen molar-refractivity contribution < 1.29 is 14.6 Å². The Morgan fingerprint density at radius 1 is 1.50 bits per heavy atom. The van der Waals surface area contributed by atoms with Crippen molar-refractivity contribution in [2.45, 2.75) is 13.0 Å². The van der Waals surface area contributed by atoms with Gasteiger partial charge in [0.2, 0.25) is 0 Å². The molecule has 0 saturated carbocycles. The number of hydrogen-bond donors (Lipinski definition) is 1. The molecule has 82 valence electrons. The summed E-state index contributed by atoms with van der Waals surface area (Å²) >= 11 is 1.66. The van der Waals surface area contributed by atoms with Crippen molar-refractivity contribution in [1.82, 2.24) is 5.10 Å². The number of aliphatic carboxylic acids is 1. The van der Waals surface area contributed by atoms with Crippen molar-refractivity contribution in [3.8, 4) is 10.4 Å². The Hall–Kier alpha value is -1.75. The Morgan fingerprint density at radius 2 is 2.38 bits per heavy atom. The molecule has 5 heteroatoms. The fourth-order valence-electron chi connectivity index (χ4n) is 1.32. The molecule has 0 fully saturated rings. The minimum atomic E-state index is -0.809. The maximum atomic E-state index is 10.4. The second kappa shape index (κ2) is 4.85. The van der Waals surface area contributed by atoms with Gasteiger partial charge in [-0.05, 0) is 16.5 Å². The van der Waals surface area contributed by atoms with E-state index >= 15 is 0 Å². The summed E-state index contributed by atoms with van der Waals surface area (Å²) in [5.74, 6) is -0.809. The first-order valence-electron chi connectivity index (χ1n) is 4.87. The molecule has 2 aromatic heterocycles. The van der Waals surface area contributed by atoms with Crippen molar-refractivity contribution >= 4 is 17.3 Å². The lowest BCUT2D eigenvalue weighted by Crippen LogP contribution is -2.38. The van der Waals surface area contributed by atoms with Crippen molar-refractivity contribution in [3.63, 3.8) is 0 Å². The zero-order chi connectivity index (χ0) is 11.4. The molecule has 0 bridgehead atoms. The summed E-state index contributed by atoms with van der Waals surface area (Å²) in [6.07, 6.45) is 3.65. The molecule has 0 atom stereocenters. The molecule has 2 aromatic rings. The maximum absolute atomic E-state index is 10.4. The maximum Gasteiger partial charge on any atom is 0.309 e. The SMILES string of the molecule is O=C(O)CC[n+]1ccc(-c2cccs2)cn1. The number of aromatic nitrogens is 2. The lowest BCUT2D eigenvalue weighted by atomic mass is 10.2. The second-order valence-electron chi connectivity index (χ2n) is 3.30. The van der Waals surface area contributed by atoms with Gasteiger partial charge in [-0.1, -0.05) is 10.7 Å².